The van der Waals surface area contributed by atoms with Crippen molar-refractivity contribution in [1.29, 1.82) is 0 Å². The topological polar surface area (TPSA) is 64.9 Å². The first kappa shape index (κ1) is 13.3. The van der Waals surface area contributed by atoms with Crippen molar-refractivity contribution in [3.05, 3.63) is 29.3 Å². The lowest BCUT2D eigenvalue weighted by Crippen LogP contribution is -2.05. The van der Waals surface area contributed by atoms with Crippen LogP contribution in [0.25, 0.3) is 0 Å². The first-order valence-electron chi connectivity index (χ1n) is 6.27. The Balaban J connectivity index is 2.11. The number of rotatable bonds is 5. The van der Waals surface area contributed by atoms with Crippen LogP contribution in [0.4, 0.5) is 5.82 Å². The normalized spacial score (nSPS) is 10.5. The Labute approximate surface area is 112 Å². The van der Waals surface area contributed by atoms with E-state index in [1.165, 1.54) is 5.56 Å². The smallest absolute Gasteiger partial charge is 0.218 e. The number of nitrogens with zero attached hydrogens (tertiary/aromatic N) is 4. The number of hydrogen-bond acceptors (Lipinski definition) is 5. The summed E-state index contributed by atoms with van der Waals surface area (Å²) in [7, 11) is 3.53. The first-order valence-corrected chi connectivity index (χ1v) is 6.27. The molecule has 2 aromatic heterocycles. The number of anilines is 1. The van der Waals surface area contributed by atoms with E-state index in [1.807, 2.05) is 24.9 Å². The molecule has 2 heterocycles. The Kier molecular flexibility index (Phi) is 3.99. The van der Waals surface area contributed by atoms with Crippen LogP contribution in [0.3, 0.4) is 0 Å². The van der Waals surface area contributed by atoms with Crippen LogP contribution in [-0.2, 0) is 20.0 Å². The molecule has 6 heteroatoms. The maximum atomic E-state index is 5.13. The summed E-state index contributed by atoms with van der Waals surface area (Å²) in [6.07, 6.45) is 2.95. The molecule has 0 saturated heterocycles. The molecule has 0 aliphatic rings. The highest BCUT2D eigenvalue weighted by Gasteiger charge is 2.07. The molecule has 1 N–H and O–H groups in total. The van der Waals surface area contributed by atoms with Gasteiger partial charge in [0, 0.05) is 31.4 Å². The second-order valence-corrected chi connectivity index (χ2v) is 4.32. The quantitative estimate of drug-likeness (QED) is 0.887. The molecule has 19 heavy (non-hydrogen) atoms. The Morgan fingerprint density at radius 3 is 2.84 bits per heavy atom. The van der Waals surface area contributed by atoms with Crippen LogP contribution < -0.4 is 10.1 Å². The number of ether oxygens (including phenoxy) is 1. The molecule has 6 nitrogen and oxygen atoms in total. The third-order valence-electron chi connectivity index (χ3n) is 2.81. The molecule has 0 bridgehead atoms. The average molecular weight is 261 g/mol. The van der Waals surface area contributed by atoms with Gasteiger partial charge in [-0.2, -0.15) is 10.1 Å². The molecule has 0 unspecified atom stereocenters. The Bertz CT molecular complexity index is 564. The van der Waals surface area contributed by atoms with Crippen LogP contribution in [0, 0.1) is 6.92 Å². The summed E-state index contributed by atoms with van der Waals surface area (Å²) >= 11 is 0. The third kappa shape index (κ3) is 3.21. The lowest BCUT2D eigenvalue weighted by atomic mass is 10.2. The maximum absolute atomic E-state index is 5.13. The molecular formula is C13H19N5O. The van der Waals surface area contributed by atoms with E-state index in [4.69, 9.17) is 4.74 Å². The lowest BCUT2D eigenvalue weighted by Gasteiger charge is -2.07. The van der Waals surface area contributed by atoms with Gasteiger partial charge in [0.1, 0.15) is 11.6 Å². The molecule has 2 aromatic rings. The van der Waals surface area contributed by atoms with Crippen molar-refractivity contribution < 1.29 is 4.74 Å². The van der Waals surface area contributed by atoms with E-state index < -0.39 is 0 Å². The minimum atomic E-state index is 0.567. The van der Waals surface area contributed by atoms with Gasteiger partial charge in [0.15, 0.2) is 0 Å². The summed E-state index contributed by atoms with van der Waals surface area (Å²) in [6.45, 7) is 4.63. The Hall–Kier alpha value is -2.11. The van der Waals surface area contributed by atoms with Crippen LogP contribution in [0.2, 0.25) is 0 Å². The SMILES string of the molecule is CCc1nn(C)cc1CNc1cc(OC)nc(C)n1. The van der Waals surface area contributed by atoms with Gasteiger partial charge in [-0.25, -0.2) is 4.98 Å². The molecule has 102 valence electrons. The van der Waals surface area contributed by atoms with Crippen molar-refractivity contribution in [2.75, 3.05) is 12.4 Å². The second-order valence-electron chi connectivity index (χ2n) is 4.32. The van der Waals surface area contributed by atoms with Gasteiger partial charge in [-0.05, 0) is 13.3 Å². The number of aromatic nitrogens is 4. The van der Waals surface area contributed by atoms with E-state index >= 15 is 0 Å². The monoisotopic (exact) mass is 261 g/mol. The highest BCUT2D eigenvalue weighted by Crippen LogP contribution is 2.15. The maximum Gasteiger partial charge on any atom is 0.218 e. The van der Waals surface area contributed by atoms with Gasteiger partial charge in [-0.1, -0.05) is 6.92 Å². The summed E-state index contributed by atoms with van der Waals surface area (Å²) in [5.41, 5.74) is 2.29. The predicted molar refractivity (Wildman–Crippen MR) is 73.2 cm³/mol. The van der Waals surface area contributed by atoms with E-state index in [2.05, 4.69) is 27.3 Å². The fourth-order valence-electron chi connectivity index (χ4n) is 1.95. The molecule has 0 aromatic carbocycles. The summed E-state index contributed by atoms with van der Waals surface area (Å²) in [5.74, 6) is 2.01. The summed E-state index contributed by atoms with van der Waals surface area (Å²) in [5, 5.41) is 7.69. The second kappa shape index (κ2) is 5.69. The number of nitrogens with one attached hydrogen (secondary N) is 1. The summed E-state index contributed by atoms with van der Waals surface area (Å²) < 4.78 is 6.96. The van der Waals surface area contributed by atoms with Crippen molar-refractivity contribution >= 4 is 5.82 Å². The molecule has 0 fully saturated rings. The van der Waals surface area contributed by atoms with Crippen molar-refractivity contribution in [1.82, 2.24) is 19.7 Å². The van der Waals surface area contributed by atoms with Crippen molar-refractivity contribution in [3.8, 4) is 5.88 Å². The first-order chi connectivity index (χ1) is 9.12. The van der Waals surface area contributed by atoms with Crippen molar-refractivity contribution in [2.24, 2.45) is 7.05 Å². The van der Waals surface area contributed by atoms with Crippen LogP contribution in [0.5, 0.6) is 5.88 Å². The molecular weight excluding hydrogens is 242 g/mol. The van der Waals surface area contributed by atoms with Gasteiger partial charge in [-0.15, -0.1) is 0 Å². The number of aryl methyl sites for hydroxylation is 3. The van der Waals surface area contributed by atoms with Gasteiger partial charge in [-0.3, -0.25) is 4.68 Å². The lowest BCUT2D eigenvalue weighted by molar-refractivity contribution is 0.396. The zero-order valence-corrected chi connectivity index (χ0v) is 11.8. The van der Waals surface area contributed by atoms with E-state index in [9.17, 15) is 0 Å². The molecule has 2 rings (SSSR count). The van der Waals surface area contributed by atoms with E-state index in [-0.39, 0.29) is 0 Å². The fourth-order valence-corrected chi connectivity index (χ4v) is 1.95. The minimum absolute atomic E-state index is 0.567. The highest BCUT2D eigenvalue weighted by molar-refractivity contribution is 5.39. The van der Waals surface area contributed by atoms with Crippen LogP contribution >= 0.6 is 0 Å². The zero-order chi connectivity index (χ0) is 13.8. The van der Waals surface area contributed by atoms with Crippen molar-refractivity contribution in [2.45, 2.75) is 26.8 Å². The molecule has 0 aliphatic carbocycles. The highest BCUT2D eigenvalue weighted by atomic mass is 16.5. The van der Waals surface area contributed by atoms with Crippen LogP contribution in [0.15, 0.2) is 12.3 Å². The Morgan fingerprint density at radius 1 is 1.37 bits per heavy atom. The van der Waals surface area contributed by atoms with E-state index in [1.54, 1.807) is 13.2 Å². The van der Waals surface area contributed by atoms with Gasteiger partial charge in [0.2, 0.25) is 5.88 Å². The van der Waals surface area contributed by atoms with E-state index in [0.29, 0.717) is 18.2 Å². The third-order valence-corrected chi connectivity index (χ3v) is 2.81. The molecule has 0 aliphatic heterocycles. The van der Waals surface area contributed by atoms with Crippen molar-refractivity contribution in [3.63, 3.8) is 0 Å². The molecule has 0 saturated carbocycles. The largest absolute Gasteiger partial charge is 0.481 e. The fraction of sp³-hybridized carbons (Fsp3) is 0.462. The molecule has 0 amide bonds. The summed E-state index contributed by atoms with van der Waals surface area (Å²) in [6, 6.07) is 1.79. The molecule has 0 atom stereocenters. The minimum Gasteiger partial charge on any atom is -0.481 e. The Morgan fingerprint density at radius 2 is 2.16 bits per heavy atom. The van der Waals surface area contributed by atoms with Gasteiger partial charge < -0.3 is 10.1 Å². The number of hydrogen-bond donors (Lipinski definition) is 1. The van der Waals surface area contributed by atoms with Gasteiger partial charge in [0.25, 0.3) is 0 Å². The van der Waals surface area contributed by atoms with Gasteiger partial charge >= 0.3 is 0 Å². The predicted octanol–water partition coefficient (Wildman–Crippen LogP) is 1.70. The molecule has 0 radical (unpaired) electrons. The zero-order valence-electron chi connectivity index (χ0n) is 11.8. The van der Waals surface area contributed by atoms with E-state index in [0.717, 1.165) is 17.9 Å². The standard InChI is InChI=1S/C13H19N5O/c1-5-11-10(8-18(3)17-11)7-14-12-6-13(19-4)16-9(2)15-12/h6,8H,5,7H2,1-4H3,(H,14,15,16). The van der Waals surface area contributed by atoms with Crippen LogP contribution in [-0.4, -0.2) is 26.9 Å². The summed E-state index contributed by atoms with van der Waals surface area (Å²) in [4.78, 5) is 8.49. The van der Waals surface area contributed by atoms with Gasteiger partial charge in [0.05, 0.1) is 12.8 Å². The average Bonchev–Trinajstić information content (AvgIpc) is 2.76. The number of methoxy groups -OCH3 is 1. The van der Waals surface area contributed by atoms with Crippen LogP contribution in [0.1, 0.15) is 24.0 Å². The molecule has 0 spiro atoms.